The van der Waals surface area contributed by atoms with Gasteiger partial charge in [0.15, 0.2) is 5.78 Å². The summed E-state index contributed by atoms with van der Waals surface area (Å²) in [6.07, 6.45) is 0.394. The lowest BCUT2D eigenvalue weighted by atomic mass is 10.1. The summed E-state index contributed by atoms with van der Waals surface area (Å²) in [5.41, 5.74) is 1.66. The number of ketones is 1. The Labute approximate surface area is 99.9 Å². The average molecular weight is 286 g/mol. The maximum absolute atomic E-state index is 11.4. The van der Waals surface area contributed by atoms with Crippen LogP contribution in [0, 0.1) is 0 Å². The number of fused-ring (bicyclic) bond motifs is 1. The lowest BCUT2D eigenvalue weighted by Gasteiger charge is -2.15. The Hall–Kier alpha value is -0.810. The van der Waals surface area contributed by atoms with Gasteiger partial charge < -0.3 is 0 Å². The number of Topliss-reactive ketones (excluding diaryl/α,β-unsaturated/α-hetero) is 1. The van der Waals surface area contributed by atoms with Gasteiger partial charge in [-0.05, 0) is 23.6 Å². The van der Waals surface area contributed by atoms with Crippen LogP contribution in [0.3, 0.4) is 0 Å². The van der Waals surface area contributed by atoms with E-state index < -0.39 is 0 Å². The first-order valence-corrected chi connectivity index (χ1v) is 6.32. The quantitative estimate of drug-likeness (QED) is 0.513. The van der Waals surface area contributed by atoms with E-state index in [0.717, 1.165) is 10.5 Å². The monoisotopic (exact) mass is 285 g/mol. The highest BCUT2D eigenvalue weighted by atomic mass is 79.9. The number of amides is 1. The summed E-state index contributed by atoms with van der Waals surface area (Å²) in [6.45, 7) is 0. The maximum atomic E-state index is 11.4. The number of nitrogens with one attached hydrogen (secondary N) is 1. The van der Waals surface area contributed by atoms with Gasteiger partial charge in [-0.1, -0.05) is 28.1 Å². The molecular formula is C10H8BrNO2S. The molecule has 0 bridgehead atoms. The molecule has 78 valence electrons. The number of hydrogen-bond acceptors (Lipinski definition) is 3. The summed E-state index contributed by atoms with van der Waals surface area (Å²) in [5, 5.41) is 0.322. The molecule has 1 aliphatic heterocycles. The Morgan fingerprint density at radius 3 is 3.07 bits per heavy atom. The number of hydrogen-bond donors (Lipinski definition) is 1. The van der Waals surface area contributed by atoms with Crippen molar-refractivity contribution in [3.63, 3.8) is 0 Å². The smallest absolute Gasteiger partial charge is 0.234 e. The van der Waals surface area contributed by atoms with E-state index in [9.17, 15) is 9.59 Å². The summed E-state index contributed by atoms with van der Waals surface area (Å²) >= 11 is 4.40. The fourth-order valence-corrected chi connectivity index (χ4v) is 2.44. The van der Waals surface area contributed by atoms with E-state index in [1.165, 1.54) is 11.9 Å². The molecule has 5 heteroatoms. The largest absolute Gasteiger partial charge is 0.296 e. The highest BCUT2D eigenvalue weighted by Gasteiger charge is 2.17. The summed E-state index contributed by atoms with van der Waals surface area (Å²) in [4.78, 5) is 23.5. The molecule has 0 aromatic heterocycles. The van der Waals surface area contributed by atoms with E-state index in [1.807, 2.05) is 12.1 Å². The molecule has 1 aliphatic rings. The molecule has 1 amide bonds. The molecule has 0 saturated heterocycles. The highest BCUT2D eigenvalue weighted by molar-refractivity contribution is 9.09. The lowest BCUT2D eigenvalue weighted by molar-refractivity contribution is -0.118. The highest BCUT2D eigenvalue weighted by Crippen LogP contribution is 2.26. The number of halogens is 1. The lowest BCUT2D eigenvalue weighted by Crippen LogP contribution is -2.23. The zero-order valence-corrected chi connectivity index (χ0v) is 10.2. The molecular weight excluding hydrogens is 278 g/mol. The summed E-state index contributed by atoms with van der Waals surface area (Å²) < 4.78 is 2.68. The molecule has 1 aromatic rings. The Morgan fingerprint density at radius 2 is 2.33 bits per heavy atom. The average Bonchev–Trinajstić information content (AvgIpc) is 2.27. The molecule has 0 unspecified atom stereocenters. The van der Waals surface area contributed by atoms with Crippen molar-refractivity contribution < 1.29 is 9.59 Å². The van der Waals surface area contributed by atoms with Crippen molar-refractivity contribution in [2.24, 2.45) is 0 Å². The Kier molecular flexibility index (Phi) is 3.11. The van der Waals surface area contributed by atoms with Gasteiger partial charge in [-0.25, -0.2) is 0 Å². The van der Waals surface area contributed by atoms with Gasteiger partial charge >= 0.3 is 0 Å². The second kappa shape index (κ2) is 4.37. The van der Waals surface area contributed by atoms with Gasteiger partial charge in [-0.2, -0.15) is 0 Å². The second-order valence-corrected chi connectivity index (χ2v) is 4.59. The molecule has 1 aromatic carbocycles. The van der Waals surface area contributed by atoms with Gasteiger partial charge in [-0.3, -0.25) is 14.3 Å². The molecule has 1 heterocycles. The van der Waals surface area contributed by atoms with Crippen LogP contribution >= 0.6 is 27.9 Å². The molecule has 15 heavy (non-hydrogen) atoms. The van der Waals surface area contributed by atoms with Crippen molar-refractivity contribution in [3.8, 4) is 0 Å². The summed E-state index contributed by atoms with van der Waals surface area (Å²) in [7, 11) is 0. The van der Waals surface area contributed by atoms with Crippen LogP contribution < -0.4 is 4.72 Å². The van der Waals surface area contributed by atoms with E-state index in [-0.39, 0.29) is 11.7 Å². The number of rotatable bonds is 2. The predicted octanol–water partition coefficient (Wildman–Crippen LogP) is 1.94. The SMILES string of the molecule is O=C1Cc2ccc(C(=O)CBr)cc2SN1. The molecule has 3 nitrogen and oxygen atoms in total. The van der Waals surface area contributed by atoms with Crippen LogP contribution in [0.2, 0.25) is 0 Å². The van der Waals surface area contributed by atoms with Crippen LogP contribution in [0.1, 0.15) is 15.9 Å². The van der Waals surface area contributed by atoms with E-state index in [2.05, 4.69) is 20.7 Å². The van der Waals surface area contributed by atoms with E-state index in [4.69, 9.17) is 0 Å². The molecule has 0 fully saturated rings. The van der Waals surface area contributed by atoms with Gasteiger partial charge in [0.05, 0.1) is 11.8 Å². The van der Waals surface area contributed by atoms with Crippen LogP contribution in [-0.4, -0.2) is 17.0 Å². The summed E-state index contributed by atoms with van der Waals surface area (Å²) in [6, 6.07) is 5.43. The van der Waals surface area contributed by atoms with Crippen LogP contribution in [0.15, 0.2) is 23.1 Å². The standard InChI is InChI=1S/C10H8BrNO2S/c11-5-8(13)6-1-2-7-4-10(14)12-15-9(7)3-6/h1-3H,4-5H2,(H,12,14). The van der Waals surface area contributed by atoms with Crippen LogP contribution in [0.25, 0.3) is 0 Å². The van der Waals surface area contributed by atoms with Crippen LogP contribution in [0.5, 0.6) is 0 Å². The first-order valence-electron chi connectivity index (χ1n) is 4.38. The zero-order chi connectivity index (χ0) is 10.8. The third-order valence-corrected chi connectivity index (χ3v) is 3.58. The van der Waals surface area contributed by atoms with E-state index in [1.54, 1.807) is 6.07 Å². The van der Waals surface area contributed by atoms with Crippen molar-refractivity contribution in [1.82, 2.24) is 4.72 Å². The molecule has 0 radical (unpaired) electrons. The first kappa shape index (κ1) is 10.7. The van der Waals surface area contributed by atoms with Crippen molar-refractivity contribution >= 4 is 39.6 Å². The molecule has 1 N–H and O–H groups in total. The minimum atomic E-state index is 0.00654. The predicted molar refractivity (Wildman–Crippen MR) is 62.3 cm³/mol. The molecule has 2 rings (SSSR count). The second-order valence-electron chi connectivity index (χ2n) is 3.18. The van der Waals surface area contributed by atoms with Crippen molar-refractivity contribution in [2.75, 3.05) is 5.33 Å². The number of benzene rings is 1. The van der Waals surface area contributed by atoms with Gasteiger partial charge in [0.25, 0.3) is 0 Å². The van der Waals surface area contributed by atoms with Crippen molar-refractivity contribution in [2.45, 2.75) is 11.3 Å². The molecule has 0 atom stereocenters. The first-order chi connectivity index (χ1) is 7.20. The minimum Gasteiger partial charge on any atom is -0.296 e. The molecule has 0 saturated carbocycles. The Morgan fingerprint density at radius 1 is 1.53 bits per heavy atom. The Bertz CT molecular complexity index is 433. The fraction of sp³-hybridized carbons (Fsp3) is 0.200. The maximum Gasteiger partial charge on any atom is 0.234 e. The van der Waals surface area contributed by atoms with Crippen LogP contribution in [0.4, 0.5) is 0 Å². The molecule has 0 aliphatic carbocycles. The topological polar surface area (TPSA) is 46.2 Å². The van der Waals surface area contributed by atoms with E-state index in [0.29, 0.717) is 17.3 Å². The van der Waals surface area contributed by atoms with Gasteiger partial charge in [0, 0.05) is 10.5 Å². The molecule has 0 spiro atoms. The third-order valence-electron chi connectivity index (χ3n) is 2.14. The number of alkyl halides is 1. The van der Waals surface area contributed by atoms with E-state index >= 15 is 0 Å². The number of carbonyl (C=O) groups is 2. The van der Waals surface area contributed by atoms with Gasteiger partial charge in [0.1, 0.15) is 0 Å². The zero-order valence-electron chi connectivity index (χ0n) is 7.75. The normalized spacial score (nSPS) is 14.3. The van der Waals surface area contributed by atoms with Gasteiger partial charge in [-0.15, -0.1) is 0 Å². The van der Waals surface area contributed by atoms with Crippen molar-refractivity contribution in [1.29, 1.82) is 0 Å². The fourth-order valence-electron chi connectivity index (χ4n) is 1.37. The summed E-state index contributed by atoms with van der Waals surface area (Å²) in [5.74, 6) is 0.0577. The van der Waals surface area contributed by atoms with Crippen LogP contribution in [-0.2, 0) is 11.2 Å². The third kappa shape index (κ3) is 2.23. The minimum absolute atomic E-state index is 0.00654. The van der Waals surface area contributed by atoms with Crippen molar-refractivity contribution in [3.05, 3.63) is 29.3 Å². The number of carbonyl (C=O) groups excluding carboxylic acids is 2. The Balaban J connectivity index is 2.34. The van der Waals surface area contributed by atoms with Gasteiger partial charge in [0.2, 0.25) is 5.91 Å².